The molecule has 0 radical (unpaired) electrons. The molecule has 2 fully saturated rings. The van der Waals surface area contributed by atoms with Gasteiger partial charge in [0.1, 0.15) is 5.01 Å². The number of likely N-dealkylation sites (tertiary alicyclic amines) is 1. The van der Waals surface area contributed by atoms with Gasteiger partial charge >= 0.3 is 5.97 Å². The SMILES string of the molecule is O=C(O)[C@H]1CN(C(=O)Cc2csc(-c3cccnc3)n2)C[C@@H]1C1CC1. The smallest absolute Gasteiger partial charge is 0.308 e. The van der Waals surface area contributed by atoms with E-state index < -0.39 is 11.9 Å². The Kier molecular flexibility index (Phi) is 4.25. The van der Waals surface area contributed by atoms with Gasteiger partial charge in [-0.25, -0.2) is 4.98 Å². The topological polar surface area (TPSA) is 83.4 Å². The van der Waals surface area contributed by atoms with Gasteiger partial charge in [-0.1, -0.05) is 0 Å². The minimum Gasteiger partial charge on any atom is -0.481 e. The fourth-order valence-corrected chi connectivity index (χ4v) is 4.38. The first-order valence-corrected chi connectivity index (χ1v) is 9.35. The van der Waals surface area contributed by atoms with Gasteiger partial charge in [0, 0.05) is 36.4 Å². The molecular formula is C18H19N3O3S. The van der Waals surface area contributed by atoms with Crippen LogP contribution < -0.4 is 0 Å². The molecule has 3 heterocycles. The summed E-state index contributed by atoms with van der Waals surface area (Å²) in [5, 5.41) is 12.2. The van der Waals surface area contributed by atoms with E-state index in [1.165, 1.54) is 11.3 Å². The number of amides is 1. The Balaban J connectivity index is 1.42. The highest BCUT2D eigenvalue weighted by Crippen LogP contribution is 2.44. The van der Waals surface area contributed by atoms with Crippen LogP contribution >= 0.6 is 11.3 Å². The third-order valence-electron chi connectivity index (χ3n) is 5.06. The molecule has 6 nitrogen and oxygen atoms in total. The van der Waals surface area contributed by atoms with E-state index in [1.807, 2.05) is 17.5 Å². The lowest BCUT2D eigenvalue weighted by atomic mass is 9.92. The highest BCUT2D eigenvalue weighted by atomic mass is 32.1. The lowest BCUT2D eigenvalue weighted by molar-refractivity contribution is -0.142. The van der Waals surface area contributed by atoms with Crippen LogP contribution in [0.3, 0.4) is 0 Å². The first-order valence-electron chi connectivity index (χ1n) is 8.47. The van der Waals surface area contributed by atoms with E-state index in [0.717, 1.165) is 29.1 Å². The summed E-state index contributed by atoms with van der Waals surface area (Å²) in [6.45, 7) is 0.898. The van der Waals surface area contributed by atoms with E-state index in [4.69, 9.17) is 0 Å². The number of carbonyl (C=O) groups excluding carboxylic acids is 1. The first-order chi connectivity index (χ1) is 12.1. The van der Waals surface area contributed by atoms with Crippen molar-refractivity contribution < 1.29 is 14.7 Å². The van der Waals surface area contributed by atoms with Gasteiger partial charge in [0.2, 0.25) is 5.91 Å². The maximum absolute atomic E-state index is 12.6. The molecule has 7 heteroatoms. The maximum atomic E-state index is 12.6. The Bertz CT molecular complexity index is 788. The van der Waals surface area contributed by atoms with E-state index in [9.17, 15) is 14.7 Å². The Hall–Kier alpha value is -2.28. The van der Waals surface area contributed by atoms with Crippen molar-refractivity contribution in [3.05, 3.63) is 35.6 Å². The standard InChI is InChI=1S/C18H19N3O3S/c22-16(21-8-14(11-3-4-11)15(9-21)18(23)24)6-13-10-25-17(20-13)12-2-1-5-19-7-12/h1-2,5,7,10-11,14-15H,3-4,6,8-9H2,(H,23,24)/t14-,15+/m1/s1. The summed E-state index contributed by atoms with van der Waals surface area (Å²) in [4.78, 5) is 34.4. The summed E-state index contributed by atoms with van der Waals surface area (Å²) in [6, 6.07) is 3.80. The Morgan fingerprint density at radius 3 is 2.84 bits per heavy atom. The van der Waals surface area contributed by atoms with Gasteiger partial charge < -0.3 is 10.0 Å². The molecular weight excluding hydrogens is 338 g/mol. The van der Waals surface area contributed by atoms with Crippen molar-refractivity contribution in [2.45, 2.75) is 19.3 Å². The highest BCUT2D eigenvalue weighted by molar-refractivity contribution is 7.13. The second-order valence-corrected chi connectivity index (χ2v) is 7.67. The molecule has 1 aliphatic carbocycles. The molecule has 1 amide bonds. The molecule has 2 aromatic heterocycles. The number of hydrogen-bond acceptors (Lipinski definition) is 5. The molecule has 25 heavy (non-hydrogen) atoms. The predicted molar refractivity (Wildman–Crippen MR) is 93.0 cm³/mol. The van der Waals surface area contributed by atoms with Gasteiger partial charge in [-0.3, -0.25) is 14.6 Å². The lowest BCUT2D eigenvalue weighted by Crippen LogP contribution is -2.31. The quantitative estimate of drug-likeness (QED) is 0.888. The molecule has 0 aromatic carbocycles. The maximum Gasteiger partial charge on any atom is 0.308 e. The van der Waals surface area contributed by atoms with E-state index in [-0.39, 0.29) is 18.2 Å². The predicted octanol–water partition coefficient (Wildman–Crippen LogP) is 2.32. The number of carboxylic acids is 1. The van der Waals surface area contributed by atoms with Crippen LogP contribution in [0.15, 0.2) is 29.9 Å². The van der Waals surface area contributed by atoms with Crippen molar-refractivity contribution in [1.29, 1.82) is 0 Å². The Labute approximate surface area is 149 Å². The average Bonchev–Trinajstić information content (AvgIpc) is 3.18. The van der Waals surface area contributed by atoms with Crippen LogP contribution in [0.5, 0.6) is 0 Å². The number of thiazole rings is 1. The van der Waals surface area contributed by atoms with Crippen LogP contribution in [0.25, 0.3) is 10.6 Å². The van der Waals surface area contributed by atoms with Crippen molar-refractivity contribution in [3.63, 3.8) is 0 Å². The number of carboxylic acid groups (broad SMARTS) is 1. The Morgan fingerprint density at radius 1 is 1.32 bits per heavy atom. The largest absolute Gasteiger partial charge is 0.481 e. The average molecular weight is 357 g/mol. The zero-order valence-electron chi connectivity index (χ0n) is 13.7. The minimum atomic E-state index is -0.778. The van der Waals surface area contributed by atoms with E-state index in [0.29, 0.717) is 19.0 Å². The van der Waals surface area contributed by atoms with Crippen molar-refractivity contribution in [1.82, 2.24) is 14.9 Å². The van der Waals surface area contributed by atoms with Gasteiger partial charge in [-0.15, -0.1) is 11.3 Å². The number of carbonyl (C=O) groups is 2. The summed E-state index contributed by atoms with van der Waals surface area (Å²) in [7, 11) is 0. The van der Waals surface area contributed by atoms with E-state index in [2.05, 4.69) is 9.97 Å². The van der Waals surface area contributed by atoms with Gasteiger partial charge in [0.25, 0.3) is 0 Å². The van der Waals surface area contributed by atoms with Crippen molar-refractivity contribution in [2.24, 2.45) is 17.8 Å². The molecule has 0 spiro atoms. The zero-order valence-corrected chi connectivity index (χ0v) is 14.5. The fraction of sp³-hybridized carbons (Fsp3) is 0.444. The minimum absolute atomic E-state index is 0.0302. The number of hydrogen-bond donors (Lipinski definition) is 1. The summed E-state index contributed by atoms with van der Waals surface area (Å²) >= 11 is 1.49. The highest BCUT2D eigenvalue weighted by Gasteiger charge is 2.46. The second kappa shape index (κ2) is 6.55. The van der Waals surface area contributed by atoms with Crippen LogP contribution in [0.1, 0.15) is 18.5 Å². The number of pyridine rings is 1. The van der Waals surface area contributed by atoms with E-state index in [1.54, 1.807) is 17.3 Å². The molecule has 2 aliphatic rings. The molecule has 4 rings (SSSR count). The van der Waals surface area contributed by atoms with Crippen LogP contribution in [0.2, 0.25) is 0 Å². The molecule has 1 saturated carbocycles. The second-order valence-electron chi connectivity index (χ2n) is 6.81. The molecule has 1 N–H and O–H groups in total. The van der Waals surface area contributed by atoms with Crippen molar-refractivity contribution in [2.75, 3.05) is 13.1 Å². The third kappa shape index (κ3) is 3.42. The lowest BCUT2D eigenvalue weighted by Gasteiger charge is -2.15. The van der Waals surface area contributed by atoms with Gasteiger partial charge in [0.15, 0.2) is 0 Å². The van der Waals surface area contributed by atoms with Gasteiger partial charge in [0.05, 0.1) is 18.0 Å². The molecule has 0 bridgehead atoms. The fourth-order valence-electron chi connectivity index (χ4n) is 3.57. The normalized spacial score (nSPS) is 23.0. The molecule has 1 saturated heterocycles. The number of rotatable bonds is 5. The van der Waals surface area contributed by atoms with Crippen LogP contribution in [0, 0.1) is 17.8 Å². The summed E-state index contributed by atoms with van der Waals surface area (Å²) in [5.41, 5.74) is 1.67. The molecule has 0 unspecified atom stereocenters. The number of aromatic nitrogens is 2. The zero-order chi connectivity index (χ0) is 17.4. The van der Waals surface area contributed by atoms with Gasteiger partial charge in [-0.05, 0) is 36.8 Å². The third-order valence-corrected chi connectivity index (χ3v) is 6.00. The Morgan fingerprint density at radius 2 is 2.16 bits per heavy atom. The summed E-state index contributed by atoms with van der Waals surface area (Å²) < 4.78 is 0. The number of aliphatic carboxylic acids is 1. The van der Waals surface area contributed by atoms with Crippen LogP contribution in [-0.4, -0.2) is 44.9 Å². The molecule has 1 aliphatic heterocycles. The molecule has 2 atom stereocenters. The first kappa shape index (κ1) is 16.2. The van der Waals surface area contributed by atoms with Crippen LogP contribution in [0.4, 0.5) is 0 Å². The van der Waals surface area contributed by atoms with E-state index >= 15 is 0 Å². The molecule has 130 valence electrons. The number of nitrogens with zero attached hydrogens (tertiary/aromatic N) is 3. The van der Waals surface area contributed by atoms with Crippen LogP contribution in [-0.2, 0) is 16.0 Å². The summed E-state index contributed by atoms with van der Waals surface area (Å²) in [6.07, 6.45) is 5.88. The van der Waals surface area contributed by atoms with Crippen molar-refractivity contribution >= 4 is 23.2 Å². The van der Waals surface area contributed by atoms with Gasteiger partial charge in [-0.2, -0.15) is 0 Å². The molecule has 2 aromatic rings. The monoisotopic (exact) mass is 357 g/mol. The summed E-state index contributed by atoms with van der Waals surface area (Å²) in [5.74, 6) is -0.631. The van der Waals surface area contributed by atoms with Crippen molar-refractivity contribution in [3.8, 4) is 10.6 Å².